The van der Waals surface area contributed by atoms with Gasteiger partial charge < -0.3 is 4.74 Å². The summed E-state index contributed by atoms with van der Waals surface area (Å²) in [6, 6.07) is 0. The average Bonchev–Trinajstić information content (AvgIpc) is 2.17. The predicted molar refractivity (Wildman–Crippen MR) is 54.5 cm³/mol. The second kappa shape index (κ2) is 3.99. The van der Waals surface area contributed by atoms with Crippen molar-refractivity contribution in [2.24, 2.45) is 5.92 Å². The van der Waals surface area contributed by atoms with Gasteiger partial charge in [-0.25, -0.2) is 0 Å². The highest BCUT2D eigenvalue weighted by Gasteiger charge is 2.22. The van der Waals surface area contributed by atoms with Crippen molar-refractivity contribution >= 4 is 5.97 Å². The monoisotopic (exact) mass is 192 g/mol. The van der Waals surface area contributed by atoms with E-state index in [4.69, 9.17) is 4.74 Å². The summed E-state index contributed by atoms with van der Waals surface area (Å²) < 4.78 is 5.12. The van der Waals surface area contributed by atoms with Crippen molar-refractivity contribution in [3.63, 3.8) is 0 Å². The smallest absolute Gasteiger partial charge is 0.307 e. The van der Waals surface area contributed by atoms with E-state index >= 15 is 0 Å². The van der Waals surface area contributed by atoms with E-state index in [0.717, 1.165) is 24.5 Å². The fourth-order valence-electron chi connectivity index (χ4n) is 2.29. The van der Waals surface area contributed by atoms with Crippen molar-refractivity contribution in [3.8, 4) is 0 Å². The minimum Gasteiger partial charge on any atom is -0.431 e. The van der Waals surface area contributed by atoms with Gasteiger partial charge in [-0.15, -0.1) is 0 Å². The van der Waals surface area contributed by atoms with Crippen LogP contribution < -0.4 is 0 Å². The van der Waals surface area contributed by atoms with Gasteiger partial charge in [0.25, 0.3) is 0 Å². The molecule has 0 spiro atoms. The molecule has 0 N–H and O–H groups in total. The molecule has 0 aliphatic heterocycles. The van der Waals surface area contributed by atoms with Crippen molar-refractivity contribution in [1.82, 2.24) is 0 Å². The minimum atomic E-state index is -0.203. The normalized spacial score (nSPS) is 25.9. The Labute approximate surface area is 84.6 Å². The molecule has 0 aromatic carbocycles. The molecular formula is C12H16O2. The molecule has 2 heteroatoms. The zero-order valence-electron chi connectivity index (χ0n) is 8.58. The lowest BCUT2D eigenvalue weighted by Gasteiger charge is -2.27. The van der Waals surface area contributed by atoms with E-state index in [1.54, 1.807) is 0 Å². The van der Waals surface area contributed by atoms with Crippen molar-refractivity contribution < 1.29 is 9.53 Å². The molecule has 1 atom stereocenters. The van der Waals surface area contributed by atoms with Crippen LogP contribution in [0.3, 0.4) is 0 Å². The van der Waals surface area contributed by atoms with Crippen LogP contribution in [0.4, 0.5) is 0 Å². The van der Waals surface area contributed by atoms with E-state index in [1.807, 2.05) is 0 Å². The highest BCUT2D eigenvalue weighted by atomic mass is 16.5. The van der Waals surface area contributed by atoms with Crippen molar-refractivity contribution in [3.05, 3.63) is 23.5 Å². The average molecular weight is 192 g/mol. The third-order valence-electron chi connectivity index (χ3n) is 2.95. The third-order valence-corrected chi connectivity index (χ3v) is 2.95. The van der Waals surface area contributed by atoms with Gasteiger partial charge in [-0.05, 0) is 43.3 Å². The second-order valence-electron chi connectivity index (χ2n) is 4.07. The Hall–Kier alpha value is -1.05. The van der Waals surface area contributed by atoms with Crippen LogP contribution in [0.25, 0.3) is 0 Å². The number of carbonyl (C=O) groups excluding carboxylic acids is 1. The van der Waals surface area contributed by atoms with Crippen LogP contribution in [-0.2, 0) is 9.53 Å². The molecule has 0 amide bonds. The predicted octanol–water partition coefficient (Wildman–Crippen LogP) is 2.95. The molecule has 0 bridgehead atoms. The molecular weight excluding hydrogens is 176 g/mol. The summed E-state index contributed by atoms with van der Waals surface area (Å²) >= 11 is 0. The summed E-state index contributed by atoms with van der Waals surface area (Å²) in [6.07, 6.45) is 10.2. The molecule has 2 aliphatic carbocycles. The quantitative estimate of drug-likeness (QED) is 0.597. The fraction of sp³-hybridized carbons (Fsp3) is 0.583. The van der Waals surface area contributed by atoms with Gasteiger partial charge in [-0.3, -0.25) is 4.79 Å². The molecule has 76 valence electrons. The Kier molecular flexibility index (Phi) is 2.71. The first-order chi connectivity index (χ1) is 6.75. The number of hydrogen-bond acceptors (Lipinski definition) is 2. The first-order valence-corrected chi connectivity index (χ1v) is 5.35. The topological polar surface area (TPSA) is 26.3 Å². The van der Waals surface area contributed by atoms with Gasteiger partial charge >= 0.3 is 5.97 Å². The van der Waals surface area contributed by atoms with E-state index in [1.165, 1.54) is 31.8 Å². The van der Waals surface area contributed by atoms with Gasteiger partial charge in [0.1, 0.15) is 5.76 Å². The lowest BCUT2D eigenvalue weighted by Crippen LogP contribution is -2.14. The summed E-state index contributed by atoms with van der Waals surface area (Å²) in [5.74, 6) is 1.37. The van der Waals surface area contributed by atoms with Crippen molar-refractivity contribution in [1.29, 1.82) is 0 Å². The van der Waals surface area contributed by atoms with Gasteiger partial charge in [0.05, 0.1) is 0 Å². The molecule has 2 nitrogen and oxygen atoms in total. The molecule has 1 unspecified atom stereocenters. The van der Waals surface area contributed by atoms with E-state index < -0.39 is 0 Å². The van der Waals surface area contributed by atoms with Crippen LogP contribution in [0, 0.1) is 5.92 Å². The highest BCUT2D eigenvalue weighted by Crippen LogP contribution is 2.35. The van der Waals surface area contributed by atoms with Gasteiger partial charge in [-0.1, -0.05) is 6.08 Å². The van der Waals surface area contributed by atoms with E-state index in [-0.39, 0.29) is 5.97 Å². The number of fused-ring (bicyclic) bond motifs is 1. The molecule has 0 radical (unpaired) electrons. The Morgan fingerprint density at radius 2 is 2.36 bits per heavy atom. The lowest BCUT2D eigenvalue weighted by atomic mass is 9.81. The van der Waals surface area contributed by atoms with Crippen LogP contribution in [0.2, 0.25) is 0 Å². The first kappa shape index (κ1) is 9.50. The summed E-state index contributed by atoms with van der Waals surface area (Å²) in [5, 5.41) is 0. The molecule has 14 heavy (non-hydrogen) atoms. The van der Waals surface area contributed by atoms with Crippen LogP contribution in [0.1, 0.15) is 39.0 Å². The van der Waals surface area contributed by atoms with Crippen molar-refractivity contribution in [2.45, 2.75) is 39.0 Å². The van der Waals surface area contributed by atoms with E-state index in [9.17, 15) is 4.79 Å². The molecule has 0 saturated carbocycles. The molecule has 2 rings (SSSR count). The number of rotatable bonds is 1. The Morgan fingerprint density at radius 1 is 1.50 bits per heavy atom. The van der Waals surface area contributed by atoms with Crippen LogP contribution in [0.15, 0.2) is 23.5 Å². The SMILES string of the molecule is CC(=O)OC1=CC2=CCCCC2CC1. The number of allylic oxidation sites excluding steroid dienone is 4. The zero-order chi connectivity index (χ0) is 9.97. The van der Waals surface area contributed by atoms with Gasteiger partial charge in [0.2, 0.25) is 0 Å². The maximum absolute atomic E-state index is 10.8. The first-order valence-electron chi connectivity index (χ1n) is 5.35. The van der Waals surface area contributed by atoms with Gasteiger partial charge in [-0.2, -0.15) is 0 Å². The molecule has 0 aromatic rings. The summed E-state index contributed by atoms with van der Waals surface area (Å²) in [6.45, 7) is 1.46. The molecule has 0 heterocycles. The Morgan fingerprint density at radius 3 is 3.14 bits per heavy atom. The third kappa shape index (κ3) is 2.06. The maximum Gasteiger partial charge on any atom is 0.307 e. The van der Waals surface area contributed by atoms with Gasteiger partial charge in [0, 0.05) is 13.3 Å². The summed E-state index contributed by atoms with van der Waals surface area (Å²) in [7, 11) is 0. The molecule has 2 aliphatic rings. The number of hydrogen-bond donors (Lipinski definition) is 0. The van der Waals surface area contributed by atoms with Gasteiger partial charge in [0.15, 0.2) is 0 Å². The fourth-order valence-corrected chi connectivity index (χ4v) is 2.29. The summed E-state index contributed by atoms with van der Waals surface area (Å²) in [4.78, 5) is 10.8. The maximum atomic E-state index is 10.8. The second-order valence-corrected chi connectivity index (χ2v) is 4.07. The zero-order valence-corrected chi connectivity index (χ0v) is 8.58. The van der Waals surface area contributed by atoms with Crippen molar-refractivity contribution in [2.75, 3.05) is 0 Å². The molecule has 0 fully saturated rings. The largest absolute Gasteiger partial charge is 0.431 e. The van der Waals surface area contributed by atoms with Crippen LogP contribution >= 0.6 is 0 Å². The highest BCUT2D eigenvalue weighted by molar-refractivity contribution is 5.67. The molecule has 0 saturated heterocycles. The summed E-state index contributed by atoms with van der Waals surface area (Å²) in [5.41, 5.74) is 1.39. The lowest BCUT2D eigenvalue weighted by molar-refractivity contribution is -0.137. The number of esters is 1. The van der Waals surface area contributed by atoms with E-state index in [2.05, 4.69) is 12.2 Å². The van der Waals surface area contributed by atoms with Crippen LogP contribution in [-0.4, -0.2) is 5.97 Å². The minimum absolute atomic E-state index is 0.203. The van der Waals surface area contributed by atoms with Crippen LogP contribution in [0.5, 0.6) is 0 Å². The standard InChI is InChI=1S/C12H16O2/c1-9(13)14-12-7-6-10-4-2-3-5-11(10)8-12/h5,8,10H,2-4,6-7H2,1H3. The Balaban J connectivity index is 2.11. The molecule has 0 aromatic heterocycles. The van der Waals surface area contributed by atoms with E-state index in [0.29, 0.717) is 0 Å². The number of ether oxygens (including phenoxy) is 1. The Bertz CT molecular complexity index is 299. The number of carbonyl (C=O) groups is 1.